The molecular weight excluding hydrogens is 1250 g/mol. The smallest absolute Gasteiger partial charge is 0.462 e. The second kappa shape index (κ2) is 65.4. The minimum atomic E-state index is -4.96. The van der Waals surface area contributed by atoms with Crippen molar-refractivity contribution in [3.63, 3.8) is 0 Å². The summed E-state index contributed by atoms with van der Waals surface area (Å²) >= 11 is 0. The van der Waals surface area contributed by atoms with Crippen LogP contribution in [-0.2, 0) is 65.4 Å². The Labute approximate surface area is 581 Å². The Balaban J connectivity index is 5.23. The lowest BCUT2D eigenvalue weighted by molar-refractivity contribution is -0.161. The van der Waals surface area contributed by atoms with E-state index in [0.29, 0.717) is 31.6 Å². The van der Waals surface area contributed by atoms with Gasteiger partial charge in [-0.15, -0.1) is 0 Å². The number of carbonyl (C=O) groups is 4. The van der Waals surface area contributed by atoms with Crippen LogP contribution < -0.4 is 0 Å². The Kier molecular flexibility index (Phi) is 64.0. The van der Waals surface area contributed by atoms with Crippen LogP contribution in [-0.4, -0.2) is 96.7 Å². The molecule has 6 atom stereocenters. The molecule has 19 heteroatoms. The van der Waals surface area contributed by atoms with Gasteiger partial charge < -0.3 is 33.8 Å². The summed E-state index contributed by atoms with van der Waals surface area (Å²) in [7, 11) is -9.91. The highest BCUT2D eigenvalue weighted by Gasteiger charge is 2.30. The van der Waals surface area contributed by atoms with Crippen molar-refractivity contribution in [1.82, 2.24) is 0 Å². The van der Waals surface area contributed by atoms with Gasteiger partial charge in [-0.3, -0.25) is 37.3 Å². The first-order valence-electron chi connectivity index (χ1n) is 39.2. The monoisotopic (exact) mass is 1400 g/mol. The van der Waals surface area contributed by atoms with Crippen molar-refractivity contribution >= 4 is 39.5 Å². The summed E-state index contributed by atoms with van der Waals surface area (Å²) in [6.45, 7) is 14.2. The lowest BCUT2D eigenvalue weighted by Gasteiger charge is -2.21. The van der Waals surface area contributed by atoms with Crippen LogP contribution in [0.3, 0.4) is 0 Å². The molecule has 0 rings (SSSR count). The average molecular weight is 1400 g/mol. The minimum Gasteiger partial charge on any atom is -0.462 e. The van der Waals surface area contributed by atoms with Crippen molar-refractivity contribution in [3.05, 3.63) is 0 Å². The molecule has 0 aliphatic heterocycles. The van der Waals surface area contributed by atoms with Crippen LogP contribution >= 0.6 is 15.6 Å². The molecule has 0 heterocycles. The number of ether oxygens (including phenoxy) is 4. The molecule has 0 amide bonds. The van der Waals surface area contributed by atoms with Crippen LogP contribution in [0.4, 0.5) is 0 Å². The molecule has 3 unspecified atom stereocenters. The summed E-state index contributed by atoms with van der Waals surface area (Å²) in [5.41, 5.74) is 0. The molecule has 17 nitrogen and oxygen atoms in total. The number of unbranched alkanes of at least 4 members (excludes halogenated alkanes) is 38. The first-order valence-corrected chi connectivity index (χ1v) is 42.2. The number of phosphoric acid groups is 2. The van der Waals surface area contributed by atoms with Gasteiger partial charge in [0.25, 0.3) is 0 Å². The average Bonchev–Trinajstić information content (AvgIpc) is 1.79. The molecule has 0 spiro atoms. The van der Waals surface area contributed by atoms with Gasteiger partial charge in [0.2, 0.25) is 0 Å². The molecule has 0 aliphatic rings. The Bertz CT molecular complexity index is 1870. The number of rotatable bonds is 73. The maximum Gasteiger partial charge on any atom is 0.472 e. The van der Waals surface area contributed by atoms with Crippen LogP contribution in [0.2, 0.25) is 0 Å². The lowest BCUT2D eigenvalue weighted by Crippen LogP contribution is -2.30. The summed E-state index contributed by atoms with van der Waals surface area (Å²) in [5, 5.41) is 10.6. The van der Waals surface area contributed by atoms with Gasteiger partial charge >= 0.3 is 39.5 Å². The van der Waals surface area contributed by atoms with E-state index in [2.05, 4.69) is 55.4 Å². The maximum atomic E-state index is 13.1. The first kappa shape index (κ1) is 93.1. The summed E-state index contributed by atoms with van der Waals surface area (Å²) in [6.07, 6.45) is 50.0. The van der Waals surface area contributed by atoms with Crippen LogP contribution in [0.5, 0.6) is 0 Å². The predicted octanol–water partition coefficient (Wildman–Crippen LogP) is 22.0. The summed E-state index contributed by atoms with van der Waals surface area (Å²) in [6, 6.07) is 0. The Hall–Kier alpha value is -1.94. The highest BCUT2D eigenvalue weighted by atomic mass is 31.2. The van der Waals surface area contributed by atoms with Gasteiger partial charge in [0.15, 0.2) is 12.2 Å². The van der Waals surface area contributed by atoms with Gasteiger partial charge in [-0.1, -0.05) is 331 Å². The lowest BCUT2D eigenvalue weighted by atomic mass is 9.99. The number of aliphatic hydroxyl groups excluding tert-OH is 1. The van der Waals surface area contributed by atoms with Gasteiger partial charge in [-0.05, 0) is 49.4 Å². The van der Waals surface area contributed by atoms with E-state index >= 15 is 0 Å². The summed E-state index contributed by atoms with van der Waals surface area (Å²) in [4.78, 5) is 72.8. The third-order valence-electron chi connectivity index (χ3n) is 17.9. The van der Waals surface area contributed by atoms with Crippen LogP contribution in [0, 0.1) is 23.7 Å². The topological polar surface area (TPSA) is 237 Å². The molecule has 0 saturated carbocycles. The van der Waals surface area contributed by atoms with Crippen molar-refractivity contribution in [2.24, 2.45) is 23.7 Å². The SMILES string of the molecule is CCC(C)CCCCCCCCCCCCC(=O)O[C@H](COC(=O)CCCCCCCCCCCCCCCCCC(C)C)COP(=O)(O)OC[C@@H](O)COP(=O)(O)OC[C@@H](COC(=O)CCCCCCCCC(C)C)OC(=O)CCCCCCCCCCCCCC(C)C. The molecule has 564 valence electrons. The van der Waals surface area contributed by atoms with Crippen molar-refractivity contribution in [2.45, 2.75) is 401 Å². The molecule has 95 heavy (non-hydrogen) atoms. The summed E-state index contributed by atoms with van der Waals surface area (Å²) < 4.78 is 68.5. The van der Waals surface area contributed by atoms with Crippen LogP contribution in [0.15, 0.2) is 0 Å². The maximum absolute atomic E-state index is 13.1. The zero-order valence-corrected chi connectivity index (χ0v) is 64.1. The number of esters is 4. The fourth-order valence-corrected chi connectivity index (χ4v) is 13.1. The Morgan fingerprint density at radius 3 is 0.747 bits per heavy atom. The van der Waals surface area contributed by atoms with Gasteiger partial charge in [0.05, 0.1) is 26.4 Å². The van der Waals surface area contributed by atoms with E-state index < -0.39 is 97.5 Å². The largest absolute Gasteiger partial charge is 0.472 e. The van der Waals surface area contributed by atoms with E-state index in [1.807, 2.05) is 0 Å². The number of hydrogen-bond acceptors (Lipinski definition) is 15. The number of phosphoric ester groups is 2. The molecule has 0 bridgehead atoms. The van der Waals surface area contributed by atoms with Crippen LogP contribution in [0.1, 0.15) is 383 Å². The first-order chi connectivity index (χ1) is 45.6. The molecule has 3 N–H and O–H groups in total. The second-order valence-corrected chi connectivity index (χ2v) is 32.0. The molecule has 0 aromatic carbocycles. The van der Waals surface area contributed by atoms with E-state index in [4.69, 9.17) is 37.0 Å². The number of hydrogen-bond donors (Lipinski definition) is 3. The molecular formula is C76H148O17P2. The normalized spacial score (nSPS) is 14.4. The Morgan fingerprint density at radius 2 is 0.505 bits per heavy atom. The fourth-order valence-electron chi connectivity index (χ4n) is 11.5. The zero-order valence-electron chi connectivity index (χ0n) is 62.3. The third-order valence-corrected chi connectivity index (χ3v) is 19.8. The fraction of sp³-hybridized carbons (Fsp3) is 0.947. The van der Waals surface area contributed by atoms with E-state index in [9.17, 15) is 43.2 Å². The van der Waals surface area contributed by atoms with E-state index in [0.717, 1.165) is 114 Å². The number of aliphatic hydroxyl groups is 1. The van der Waals surface area contributed by atoms with E-state index in [1.54, 1.807) is 0 Å². The van der Waals surface area contributed by atoms with Crippen LogP contribution in [0.25, 0.3) is 0 Å². The predicted molar refractivity (Wildman–Crippen MR) is 386 cm³/mol. The zero-order chi connectivity index (χ0) is 70.3. The van der Waals surface area contributed by atoms with Crippen molar-refractivity contribution < 1.29 is 80.2 Å². The quantitative estimate of drug-likeness (QED) is 0.0222. The highest BCUT2D eigenvalue weighted by Crippen LogP contribution is 2.45. The van der Waals surface area contributed by atoms with Gasteiger partial charge in [-0.2, -0.15) is 0 Å². The standard InChI is InChI=1S/C76H148O17P2/c1-9-69(8)55-47-39-30-24-20-21-27-33-43-51-59-76(81)92-71(62-86-73(78)56-48-40-31-25-18-14-12-10-11-13-16-22-28-36-44-52-66(2)3)64-90-94(82,83)88-60-70(77)61-89-95(84,85)91-65-72(63-87-74(79)57-49-41-35-34-38-46-54-68(6)7)93-75(80)58-50-42-32-26-19-15-17-23-29-37-45-53-67(4)5/h66-72,77H,9-65H2,1-8H3,(H,82,83)(H,84,85)/t69?,70-,71-,72-/m1/s1. The van der Waals surface area contributed by atoms with E-state index in [-0.39, 0.29) is 25.7 Å². The molecule has 0 fully saturated rings. The van der Waals surface area contributed by atoms with E-state index in [1.165, 1.54) is 180 Å². The second-order valence-electron chi connectivity index (χ2n) is 29.1. The molecule has 0 radical (unpaired) electrons. The van der Waals surface area contributed by atoms with Gasteiger partial charge in [0, 0.05) is 25.7 Å². The Morgan fingerprint density at radius 1 is 0.295 bits per heavy atom. The molecule has 0 aromatic rings. The van der Waals surface area contributed by atoms with Gasteiger partial charge in [-0.25, -0.2) is 9.13 Å². The third kappa shape index (κ3) is 69.0. The minimum absolute atomic E-state index is 0.105. The van der Waals surface area contributed by atoms with Gasteiger partial charge in [0.1, 0.15) is 19.3 Å². The van der Waals surface area contributed by atoms with Crippen molar-refractivity contribution in [3.8, 4) is 0 Å². The number of carbonyl (C=O) groups excluding carboxylic acids is 4. The van der Waals surface area contributed by atoms with Crippen molar-refractivity contribution in [2.75, 3.05) is 39.6 Å². The molecule has 0 aromatic heterocycles. The van der Waals surface area contributed by atoms with Crippen molar-refractivity contribution in [1.29, 1.82) is 0 Å². The summed E-state index contributed by atoms with van der Waals surface area (Å²) in [5.74, 6) is 0.931. The molecule has 0 saturated heterocycles. The highest BCUT2D eigenvalue weighted by molar-refractivity contribution is 7.47. The molecule has 0 aliphatic carbocycles.